The summed E-state index contributed by atoms with van der Waals surface area (Å²) < 4.78 is 5.86. The summed E-state index contributed by atoms with van der Waals surface area (Å²) in [5.41, 5.74) is 5.05. The molecule has 2 nitrogen and oxygen atoms in total. The van der Waals surface area contributed by atoms with Crippen molar-refractivity contribution < 1.29 is 9.52 Å². The Labute approximate surface area is 118 Å². The second kappa shape index (κ2) is 4.80. The van der Waals surface area contributed by atoms with Gasteiger partial charge in [-0.05, 0) is 43.5 Å². The standard InChI is InChI=1S/C18H18O2/c1-11-7-8-12(2)15(9-11)17(19)16-10-14-6-4-5-13(3)18(14)20-16/h4-10,17,19H,1-3H3. The number of aliphatic hydroxyl groups excluding tert-OH is 1. The first-order valence-electron chi connectivity index (χ1n) is 6.80. The second-order valence-corrected chi connectivity index (χ2v) is 5.40. The normalized spacial score (nSPS) is 12.8. The number of aryl methyl sites for hydroxylation is 3. The molecule has 0 saturated carbocycles. The van der Waals surface area contributed by atoms with Gasteiger partial charge in [0.25, 0.3) is 0 Å². The quantitative estimate of drug-likeness (QED) is 0.744. The van der Waals surface area contributed by atoms with Crippen molar-refractivity contribution in [1.29, 1.82) is 0 Å². The predicted molar refractivity (Wildman–Crippen MR) is 80.9 cm³/mol. The number of aliphatic hydroxyl groups is 1. The lowest BCUT2D eigenvalue weighted by Gasteiger charge is -2.12. The van der Waals surface area contributed by atoms with Crippen LogP contribution in [0.4, 0.5) is 0 Å². The van der Waals surface area contributed by atoms with Gasteiger partial charge in [0.15, 0.2) is 0 Å². The first-order valence-corrected chi connectivity index (χ1v) is 6.80. The molecule has 20 heavy (non-hydrogen) atoms. The number of para-hydroxylation sites is 1. The van der Waals surface area contributed by atoms with Crippen LogP contribution in [0.3, 0.4) is 0 Å². The van der Waals surface area contributed by atoms with E-state index < -0.39 is 6.10 Å². The number of fused-ring (bicyclic) bond motifs is 1. The Morgan fingerprint density at radius 2 is 1.75 bits per heavy atom. The average Bonchev–Trinajstić information content (AvgIpc) is 2.86. The number of benzene rings is 2. The molecule has 0 saturated heterocycles. The van der Waals surface area contributed by atoms with Gasteiger partial charge in [-0.3, -0.25) is 0 Å². The van der Waals surface area contributed by atoms with Crippen molar-refractivity contribution in [1.82, 2.24) is 0 Å². The molecule has 102 valence electrons. The van der Waals surface area contributed by atoms with Crippen LogP contribution in [0.25, 0.3) is 11.0 Å². The lowest BCUT2D eigenvalue weighted by atomic mass is 9.99. The Morgan fingerprint density at radius 1 is 0.950 bits per heavy atom. The fourth-order valence-electron chi connectivity index (χ4n) is 2.57. The van der Waals surface area contributed by atoms with E-state index in [9.17, 15) is 5.11 Å². The van der Waals surface area contributed by atoms with E-state index >= 15 is 0 Å². The zero-order valence-corrected chi connectivity index (χ0v) is 12.0. The molecule has 2 aromatic carbocycles. The van der Waals surface area contributed by atoms with E-state index in [-0.39, 0.29) is 0 Å². The number of hydrogen-bond donors (Lipinski definition) is 1. The summed E-state index contributed by atoms with van der Waals surface area (Å²) in [6, 6.07) is 14.0. The van der Waals surface area contributed by atoms with Crippen molar-refractivity contribution in [2.24, 2.45) is 0 Å². The third-order valence-electron chi connectivity index (χ3n) is 3.76. The van der Waals surface area contributed by atoms with Crippen LogP contribution >= 0.6 is 0 Å². The largest absolute Gasteiger partial charge is 0.458 e. The van der Waals surface area contributed by atoms with Crippen LogP contribution < -0.4 is 0 Å². The first kappa shape index (κ1) is 12.9. The van der Waals surface area contributed by atoms with Crippen LogP contribution in [0.15, 0.2) is 46.9 Å². The molecule has 2 heteroatoms. The van der Waals surface area contributed by atoms with E-state index in [1.807, 2.05) is 63.2 Å². The molecule has 0 fully saturated rings. The van der Waals surface area contributed by atoms with Crippen molar-refractivity contribution in [3.8, 4) is 0 Å². The summed E-state index contributed by atoms with van der Waals surface area (Å²) >= 11 is 0. The van der Waals surface area contributed by atoms with Crippen LogP contribution in [-0.4, -0.2) is 5.11 Å². The lowest BCUT2D eigenvalue weighted by Crippen LogP contribution is -2.01. The molecule has 1 N–H and O–H groups in total. The van der Waals surface area contributed by atoms with Gasteiger partial charge in [-0.2, -0.15) is 0 Å². The lowest BCUT2D eigenvalue weighted by molar-refractivity contribution is 0.191. The van der Waals surface area contributed by atoms with Gasteiger partial charge in [0.2, 0.25) is 0 Å². The molecule has 0 amide bonds. The third kappa shape index (κ3) is 2.12. The Morgan fingerprint density at radius 3 is 2.50 bits per heavy atom. The molecular formula is C18H18O2. The average molecular weight is 266 g/mol. The van der Waals surface area contributed by atoms with Crippen molar-refractivity contribution in [2.45, 2.75) is 26.9 Å². The maximum absolute atomic E-state index is 10.6. The minimum Gasteiger partial charge on any atom is -0.458 e. The Bertz CT molecular complexity index is 768. The molecule has 0 spiro atoms. The summed E-state index contributed by atoms with van der Waals surface area (Å²) in [7, 11) is 0. The van der Waals surface area contributed by atoms with Crippen molar-refractivity contribution in [2.75, 3.05) is 0 Å². The Hall–Kier alpha value is -2.06. The molecule has 3 rings (SSSR count). The van der Waals surface area contributed by atoms with E-state index in [1.165, 1.54) is 0 Å². The van der Waals surface area contributed by atoms with Gasteiger partial charge in [0.1, 0.15) is 17.4 Å². The topological polar surface area (TPSA) is 33.4 Å². The first-order chi connectivity index (χ1) is 9.56. The molecule has 0 bridgehead atoms. The maximum Gasteiger partial charge on any atom is 0.138 e. The third-order valence-corrected chi connectivity index (χ3v) is 3.76. The zero-order chi connectivity index (χ0) is 14.3. The van der Waals surface area contributed by atoms with E-state index in [2.05, 4.69) is 0 Å². The molecule has 3 aromatic rings. The highest BCUT2D eigenvalue weighted by Crippen LogP contribution is 2.31. The van der Waals surface area contributed by atoms with Crippen LogP contribution in [0.1, 0.15) is 34.1 Å². The molecule has 0 radical (unpaired) electrons. The molecule has 1 unspecified atom stereocenters. The number of rotatable bonds is 2. The Balaban J connectivity index is 2.10. The predicted octanol–water partition coefficient (Wildman–Crippen LogP) is 4.44. The summed E-state index contributed by atoms with van der Waals surface area (Å²) in [6.07, 6.45) is -0.721. The minimum absolute atomic E-state index is 0.600. The summed E-state index contributed by atoms with van der Waals surface area (Å²) in [5.74, 6) is 0.600. The monoisotopic (exact) mass is 266 g/mol. The van der Waals surface area contributed by atoms with Crippen molar-refractivity contribution >= 4 is 11.0 Å². The summed E-state index contributed by atoms with van der Waals surface area (Å²) in [5, 5.41) is 11.6. The fraction of sp³-hybridized carbons (Fsp3) is 0.222. The molecular weight excluding hydrogens is 248 g/mol. The number of hydrogen-bond acceptors (Lipinski definition) is 2. The van der Waals surface area contributed by atoms with E-state index in [0.29, 0.717) is 5.76 Å². The van der Waals surface area contributed by atoms with Gasteiger partial charge in [0, 0.05) is 5.39 Å². The number of furan rings is 1. The summed E-state index contributed by atoms with van der Waals surface area (Å²) in [4.78, 5) is 0. The molecule has 0 aliphatic heterocycles. The zero-order valence-electron chi connectivity index (χ0n) is 12.0. The highest BCUT2D eigenvalue weighted by Gasteiger charge is 2.18. The van der Waals surface area contributed by atoms with Crippen LogP contribution in [0.5, 0.6) is 0 Å². The minimum atomic E-state index is -0.721. The van der Waals surface area contributed by atoms with Crippen molar-refractivity contribution in [3.05, 3.63) is 70.5 Å². The smallest absolute Gasteiger partial charge is 0.138 e. The molecule has 1 aromatic heterocycles. The highest BCUT2D eigenvalue weighted by molar-refractivity contribution is 5.81. The van der Waals surface area contributed by atoms with Crippen LogP contribution in [0.2, 0.25) is 0 Å². The molecule has 0 aliphatic rings. The van der Waals surface area contributed by atoms with Gasteiger partial charge in [0.05, 0.1) is 0 Å². The van der Waals surface area contributed by atoms with Crippen LogP contribution in [0, 0.1) is 20.8 Å². The summed E-state index contributed by atoms with van der Waals surface area (Å²) in [6.45, 7) is 6.05. The van der Waals surface area contributed by atoms with Gasteiger partial charge >= 0.3 is 0 Å². The Kier molecular flexibility index (Phi) is 3.11. The van der Waals surface area contributed by atoms with Gasteiger partial charge < -0.3 is 9.52 Å². The van der Waals surface area contributed by atoms with E-state index in [0.717, 1.165) is 33.2 Å². The van der Waals surface area contributed by atoms with Gasteiger partial charge in [-0.1, -0.05) is 42.0 Å². The highest BCUT2D eigenvalue weighted by atomic mass is 16.4. The molecule has 0 aliphatic carbocycles. The molecule has 1 heterocycles. The van der Waals surface area contributed by atoms with Crippen LogP contribution in [-0.2, 0) is 0 Å². The van der Waals surface area contributed by atoms with Crippen molar-refractivity contribution in [3.63, 3.8) is 0 Å². The molecule has 1 atom stereocenters. The van der Waals surface area contributed by atoms with E-state index in [4.69, 9.17) is 4.42 Å². The van der Waals surface area contributed by atoms with Gasteiger partial charge in [-0.25, -0.2) is 0 Å². The SMILES string of the molecule is Cc1ccc(C)c(C(O)c2cc3cccc(C)c3o2)c1. The fourth-order valence-corrected chi connectivity index (χ4v) is 2.57. The maximum atomic E-state index is 10.6. The van der Waals surface area contributed by atoms with E-state index in [1.54, 1.807) is 0 Å². The van der Waals surface area contributed by atoms with Gasteiger partial charge in [-0.15, -0.1) is 0 Å². The second-order valence-electron chi connectivity index (χ2n) is 5.40.